The second kappa shape index (κ2) is 8.58. The summed E-state index contributed by atoms with van der Waals surface area (Å²) in [7, 11) is 3.15. The zero-order valence-corrected chi connectivity index (χ0v) is 16.4. The molecule has 0 fully saturated rings. The molecule has 1 amide bonds. The SMILES string of the molecule is COc1ccc(Nc2cnc(C(=O)Nc3cc(Cl)ccc3C)cn2)c(OC)c1. The van der Waals surface area contributed by atoms with Crippen LogP contribution < -0.4 is 20.1 Å². The Morgan fingerprint density at radius 2 is 1.82 bits per heavy atom. The maximum absolute atomic E-state index is 12.4. The number of nitrogens with zero attached hydrogens (tertiary/aromatic N) is 2. The van der Waals surface area contributed by atoms with Crippen molar-refractivity contribution < 1.29 is 14.3 Å². The maximum atomic E-state index is 12.4. The molecule has 144 valence electrons. The molecule has 1 aromatic heterocycles. The van der Waals surface area contributed by atoms with Crippen molar-refractivity contribution in [1.82, 2.24) is 9.97 Å². The number of halogens is 1. The molecule has 2 aromatic carbocycles. The molecule has 0 saturated heterocycles. The molecule has 0 radical (unpaired) electrons. The first kappa shape index (κ1) is 19.4. The number of rotatable bonds is 6. The first-order chi connectivity index (χ1) is 13.5. The topological polar surface area (TPSA) is 85.4 Å². The van der Waals surface area contributed by atoms with Crippen LogP contribution in [0.3, 0.4) is 0 Å². The number of hydrogen-bond donors (Lipinski definition) is 2. The van der Waals surface area contributed by atoms with E-state index in [4.69, 9.17) is 21.1 Å². The summed E-state index contributed by atoms with van der Waals surface area (Å²) in [6, 6.07) is 10.6. The number of aryl methyl sites for hydroxylation is 1. The third-order valence-electron chi connectivity index (χ3n) is 4.00. The normalized spacial score (nSPS) is 10.3. The molecular weight excluding hydrogens is 380 g/mol. The minimum atomic E-state index is -0.369. The molecule has 28 heavy (non-hydrogen) atoms. The third-order valence-corrected chi connectivity index (χ3v) is 4.24. The van der Waals surface area contributed by atoms with Gasteiger partial charge in [-0.3, -0.25) is 4.79 Å². The van der Waals surface area contributed by atoms with E-state index in [9.17, 15) is 4.79 Å². The standard InChI is InChI=1S/C20H19ClN4O3/c1-12-4-5-13(21)8-16(12)25-20(26)17-10-23-19(11-22-17)24-15-7-6-14(27-2)9-18(15)28-3/h4-11H,1-3H3,(H,23,24)(H,25,26). The molecule has 0 atom stereocenters. The molecular formula is C20H19ClN4O3. The van der Waals surface area contributed by atoms with E-state index in [0.717, 1.165) is 5.56 Å². The van der Waals surface area contributed by atoms with Gasteiger partial charge < -0.3 is 20.1 Å². The Morgan fingerprint density at radius 3 is 2.50 bits per heavy atom. The third kappa shape index (κ3) is 4.50. The Balaban J connectivity index is 1.73. The van der Waals surface area contributed by atoms with Crippen molar-refractivity contribution in [3.8, 4) is 11.5 Å². The van der Waals surface area contributed by atoms with E-state index in [1.165, 1.54) is 12.4 Å². The van der Waals surface area contributed by atoms with E-state index >= 15 is 0 Å². The van der Waals surface area contributed by atoms with Crippen molar-refractivity contribution in [2.75, 3.05) is 24.9 Å². The molecule has 1 heterocycles. The van der Waals surface area contributed by atoms with E-state index < -0.39 is 0 Å². The molecule has 8 heteroatoms. The highest BCUT2D eigenvalue weighted by molar-refractivity contribution is 6.31. The van der Waals surface area contributed by atoms with E-state index in [2.05, 4.69) is 20.6 Å². The molecule has 0 aliphatic rings. The quantitative estimate of drug-likeness (QED) is 0.638. The Morgan fingerprint density at radius 1 is 1.00 bits per heavy atom. The lowest BCUT2D eigenvalue weighted by Crippen LogP contribution is -2.15. The molecule has 0 aliphatic carbocycles. The summed E-state index contributed by atoms with van der Waals surface area (Å²) in [6.45, 7) is 1.88. The number of amides is 1. The lowest BCUT2D eigenvalue weighted by atomic mass is 10.2. The van der Waals surface area contributed by atoms with Crippen LogP contribution in [0, 0.1) is 6.92 Å². The van der Waals surface area contributed by atoms with Crippen LogP contribution in [-0.4, -0.2) is 30.1 Å². The number of benzene rings is 2. The Hall–Kier alpha value is -3.32. The summed E-state index contributed by atoms with van der Waals surface area (Å²) >= 11 is 5.98. The molecule has 2 N–H and O–H groups in total. The summed E-state index contributed by atoms with van der Waals surface area (Å²) in [5, 5.41) is 6.43. The molecule has 0 spiro atoms. The summed E-state index contributed by atoms with van der Waals surface area (Å²) in [5.74, 6) is 1.38. The van der Waals surface area contributed by atoms with E-state index in [-0.39, 0.29) is 11.6 Å². The molecule has 0 bridgehead atoms. The van der Waals surface area contributed by atoms with Gasteiger partial charge in [0.15, 0.2) is 0 Å². The fourth-order valence-electron chi connectivity index (χ4n) is 2.46. The van der Waals surface area contributed by atoms with Crippen LogP contribution in [0.25, 0.3) is 0 Å². The van der Waals surface area contributed by atoms with E-state index in [1.54, 1.807) is 38.5 Å². The zero-order chi connectivity index (χ0) is 20.1. The summed E-state index contributed by atoms with van der Waals surface area (Å²) in [5.41, 5.74) is 2.41. The van der Waals surface area contributed by atoms with Crippen LogP contribution in [0.5, 0.6) is 11.5 Å². The van der Waals surface area contributed by atoms with Crippen molar-refractivity contribution >= 4 is 34.7 Å². The highest BCUT2D eigenvalue weighted by atomic mass is 35.5. The summed E-state index contributed by atoms with van der Waals surface area (Å²) in [6.07, 6.45) is 2.87. The van der Waals surface area contributed by atoms with Crippen molar-refractivity contribution in [1.29, 1.82) is 0 Å². The van der Waals surface area contributed by atoms with E-state index in [1.807, 2.05) is 19.1 Å². The fourth-order valence-corrected chi connectivity index (χ4v) is 2.64. The predicted octanol–water partition coefficient (Wildman–Crippen LogP) is 4.45. The number of carbonyl (C=O) groups is 1. The van der Waals surface area contributed by atoms with Gasteiger partial charge in [0.2, 0.25) is 0 Å². The second-order valence-electron chi connectivity index (χ2n) is 5.89. The van der Waals surface area contributed by atoms with Crippen molar-refractivity contribution in [2.45, 2.75) is 6.92 Å². The second-order valence-corrected chi connectivity index (χ2v) is 6.33. The first-order valence-electron chi connectivity index (χ1n) is 8.38. The largest absolute Gasteiger partial charge is 0.497 e. The van der Waals surface area contributed by atoms with Gasteiger partial charge in [-0.05, 0) is 36.8 Å². The van der Waals surface area contributed by atoms with Gasteiger partial charge in [-0.1, -0.05) is 17.7 Å². The number of ether oxygens (including phenoxy) is 2. The number of aromatic nitrogens is 2. The van der Waals surface area contributed by atoms with Crippen LogP contribution >= 0.6 is 11.6 Å². The number of carbonyl (C=O) groups excluding carboxylic acids is 1. The molecule has 0 unspecified atom stereocenters. The van der Waals surface area contributed by atoms with Crippen molar-refractivity contribution in [2.24, 2.45) is 0 Å². The van der Waals surface area contributed by atoms with Gasteiger partial charge in [0.05, 0.1) is 32.3 Å². The first-order valence-corrected chi connectivity index (χ1v) is 8.76. The lowest BCUT2D eigenvalue weighted by molar-refractivity contribution is 0.102. The van der Waals surface area contributed by atoms with Gasteiger partial charge in [0, 0.05) is 16.8 Å². The Bertz CT molecular complexity index is 993. The van der Waals surface area contributed by atoms with E-state index in [0.29, 0.717) is 33.7 Å². The number of hydrogen-bond acceptors (Lipinski definition) is 6. The van der Waals surface area contributed by atoms with Crippen LogP contribution in [0.1, 0.15) is 16.1 Å². The Labute approximate surface area is 167 Å². The number of anilines is 3. The highest BCUT2D eigenvalue weighted by Gasteiger charge is 2.11. The minimum Gasteiger partial charge on any atom is -0.497 e. The number of nitrogens with one attached hydrogen (secondary N) is 2. The van der Waals surface area contributed by atoms with Gasteiger partial charge in [-0.15, -0.1) is 0 Å². The monoisotopic (exact) mass is 398 g/mol. The van der Waals surface area contributed by atoms with Gasteiger partial charge in [0.1, 0.15) is 23.0 Å². The molecule has 3 aromatic rings. The molecule has 0 saturated carbocycles. The molecule has 0 aliphatic heterocycles. The minimum absolute atomic E-state index is 0.187. The average Bonchev–Trinajstić information content (AvgIpc) is 2.71. The van der Waals surface area contributed by atoms with Crippen LogP contribution in [-0.2, 0) is 0 Å². The Kier molecular flexibility index (Phi) is 5.96. The van der Waals surface area contributed by atoms with Crippen LogP contribution in [0.15, 0.2) is 48.8 Å². The molecule has 7 nitrogen and oxygen atoms in total. The van der Waals surface area contributed by atoms with Crippen molar-refractivity contribution in [3.05, 3.63) is 65.1 Å². The van der Waals surface area contributed by atoms with Gasteiger partial charge >= 0.3 is 0 Å². The van der Waals surface area contributed by atoms with Crippen molar-refractivity contribution in [3.63, 3.8) is 0 Å². The summed E-state index contributed by atoms with van der Waals surface area (Å²) in [4.78, 5) is 20.8. The van der Waals surface area contributed by atoms with Crippen LogP contribution in [0.2, 0.25) is 5.02 Å². The van der Waals surface area contributed by atoms with Gasteiger partial charge in [0.25, 0.3) is 5.91 Å². The predicted molar refractivity (Wildman–Crippen MR) is 109 cm³/mol. The summed E-state index contributed by atoms with van der Waals surface area (Å²) < 4.78 is 10.5. The lowest BCUT2D eigenvalue weighted by Gasteiger charge is -2.12. The highest BCUT2D eigenvalue weighted by Crippen LogP contribution is 2.30. The van der Waals surface area contributed by atoms with Gasteiger partial charge in [-0.25, -0.2) is 9.97 Å². The number of methoxy groups -OCH3 is 2. The van der Waals surface area contributed by atoms with Gasteiger partial charge in [-0.2, -0.15) is 0 Å². The fraction of sp³-hybridized carbons (Fsp3) is 0.150. The molecule has 3 rings (SSSR count). The zero-order valence-electron chi connectivity index (χ0n) is 15.6. The maximum Gasteiger partial charge on any atom is 0.275 e. The van der Waals surface area contributed by atoms with Crippen LogP contribution in [0.4, 0.5) is 17.2 Å². The smallest absolute Gasteiger partial charge is 0.275 e. The average molecular weight is 399 g/mol.